The van der Waals surface area contributed by atoms with Gasteiger partial charge < -0.3 is 9.64 Å². The quantitative estimate of drug-likeness (QED) is 0.817. The first kappa shape index (κ1) is 18.0. The van der Waals surface area contributed by atoms with Crippen LogP contribution in [0.5, 0.6) is 5.75 Å². The standard InChI is InChI=1S/C18H21ClN2O3S/c1-14-12-17(6-7-18(14)24-2)25(22,23)21-10-8-20(9-11-21)16-5-3-4-15(19)13-16/h3-7,12-13H,8-11H2,1-2H3. The fraction of sp³-hybridized carbons (Fsp3) is 0.333. The molecule has 0 aromatic heterocycles. The number of nitrogens with zero attached hydrogens (tertiary/aromatic N) is 2. The molecule has 2 aromatic rings. The van der Waals surface area contributed by atoms with Gasteiger partial charge in [0, 0.05) is 36.9 Å². The molecule has 1 aliphatic heterocycles. The molecule has 1 fully saturated rings. The molecule has 0 N–H and O–H groups in total. The monoisotopic (exact) mass is 380 g/mol. The number of hydrogen-bond donors (Lipinski definition) is 0. The van der Waals surface area contributed by atoms with Crippen LogP contribution in [0.2, 0.25) is 5.02 Å². The maximum Gasteiger partial charge on any atom is 0.243 e. The first-order valence-corrected chi connectivity index (χ1v) is 9.89. The van der Waals surface area contributed by atoms with E-state index in [2.05, 4.69) is 4.90 Å². The predicted molar refractivity (Wildman–Crippen MR) is 100 cm³/mol. The lowest BCUT2D eigenvalue weighted by Gasteiger charge is -2.35. The highest BCUT2D eigenvalue weighted by Crippen LogP contribution is 2.26. The fourth-order valence-corrected chi connectivity index (χ4v) is 4.71. The molecule has 1 aliphatic rings. The highest BCUT2D eigenvalue weighted by molar-refractivity contribution is 7.89. The Labute approximate surface area is 153 Å². The smallest absolute Gasteiger partial charge is 0.243 e. The Bertz CT molecular complexity index is 862. The number of hydrogen-bond acceptors (Lipinski definition) is 4. The van der Waals surface area contributed by atoms with E-state index in [1.807, 2.05) is 31.2 Å². The lowest BCUT2D eigenvalue weighted by Crippen LogP contribution is -2.48. The number of aryl methyl sites for hydroxylation is 1. The summed E-state index contributed by atoms with van der Waals surface area (Å²) in [5.74, 6) is 0.685. The number of anilines is 1. The van der Waals surface area contributed by atoms with Gasteiger partial charge >= 0.3 is 0 Å². The van der Waals surface area contributed by atoms with Crippen molar-refractivity contribution < 1.29 is 13.2 Å². The van der Waals surface area contributed by atoms with Crippen LogP contribution in [-0.4, -0.2) is 46.0 Å². The molecular weight excluding hydrogens is 360 g/mol. The maximum atomic E-state index is 12.9. The van der Waals surface area contributed by atoms with Crippen LogP contribution in [0.1, 0.15) is 5.56 Å². The second kappa shape index (κ2) is 7.23. The van der Waals surface area contributed by atoms with Crippen LogP contribution in [0.25, 0.3) is 0 Å². The minimum Gasteiger partial charge on any atom is -0.496 e. The summed E-state index contributed by atoms with van der Waals surface area (Å²) in [5, 5.41) is 0.682. The van der Waals surface area contributed by atoms with Gasteiger partial charge in [-0.25, -0.2) is 8.42 Å². The molecule has 0 atom stereocenters. The molecule has 0 amide bonds. The van der Waals surface area contributed by atoms with E-state index < -0.39 is 10.0 Å². The summed E-state index contributed by atoms with van der Waals surface area (Å²) in [4.78, 5) is 2.46. The molecule has 1 heterocycles. The van der Waals surface area contributed by atoms with Crippen molar-refractivity contribution in [3.63, 3.8) is 0 Å². The van der Waals surface area contributed by atoms with Crippen LogP contribution >= 0.6 is 11.6 Å². The minimum atomic E-state index is -3.50. The molecule has 3 rings (SSSR count). The zero-order valence-corrected chi connectivity index (χ0v) is 15.8. The van der Waals surface area contributed by atoms with Gasteiger partial charge in [-0.05, 0) is 48.9 Å². The molecule has 25 heavy (non-hydrogen) atoms. The average molecular weight is 381 g/mol. The molecule has 0 spiro atoms. The Kier molecular flexibility index (Phi) is 5.22. The van der Waals surface area contributed by atoms with Crippen molar-refractivity contribution in [2.45, 2.75) is 11.8 Å². The van der Waals surface area contributed by atoms with Crippen molar-refractivity contribution in [3.05, 3.63) is 53.1 Å². The topological polar surface area (TPSA) is 49.9 Å². The van der Waals surface area contributed by atoms with Crippen molar-refractivity contribution in [2.75, 3.05) is 38.2 Å². The van der Waals surface area contributed by atoms with Crippen molar-refractivity contribution in [2.24, 2.45) is 0 Å². The van der Waals surface area contributed by atoms with Crippen molar-refractivity contribution in [1.29, 1.82) is 0 Å². The van der Waals surface area contributed by atoms with E-state index in [0.717, 1.165) is 11.3 Å². The minimum absolute atomic E-state index is 0.307. The summed E-state index contributed by atoms with van der Waals surface area (Å²) >= 11 is 6.04. The van der Waals surface area contributed by atoms with Gasteiger partial charge in [0.2, 0.25) is 10.0 Å². The highest BCUT2D eigenvalue weighted by atomic mass is 35.5. The molecule has 7 heteroatoms. The number of sulfonamides is 1. The summed E-state index contributed by atoms with van der Waals surface area (Å²) in [6.07, 6.45) is 0. The third kappa shape index (κ3) is 3.76. The molecular formula is C18H21ClN2O3S. The van der Waals surface area contributed by atoms with E-state index in [1.165, 1.54) is 4.31 Å². The van der Waals surface area contributed by atoms with Crippen LogP contribution in [0.3, 0.4) is 0 Å². The van der Waals surface area contributed by atoms with E-state index in [9.17, 15) is 8.42 Å². The molecule has 0 bridgehead atoms. The Morgan fingerprint density at radius 1 is 1.04 bits per heavy atom. The van der Waals surface area contributed by atoms with E-state index in [4.69, 9.17) is 16.3 Å². The van der Waals surface area contributed by atoms with Gasteiger partial charge in [0.15, 0.2) is 0 Å². The second-order valence-electron chi connectivity index (χ2n) is 6.00. The lowest BCUT2D eigenvalue weighted by molar-refractivity contribution is 0.384. The third-order valence-electron chi connectivity index (χ3n) is 4.42. The SMILES string of the molecule is COc1ccc(S(=O)(=O)N2CCN(c3cccc(Cl)c3)CC2)cc1C. The fourth-order valence-electron chi connectivity index (χ4n) is 3.02. The van der Waals surface area contributed by atoms with E-state index >= 15 is 0 Å². The Morgan fingerprint density at radius 2 is 1.76 bits per heavy atom. The Morgan fingerprint density at radius 3 is 2.36 bits per heavy atom. The number of benzene rings is 2. The summed E-state index contributed by atoms with van der Waals surface area (Å²) in [6.45, 7) is 4.00. The van der Waals surface area contributed by atoms with Crippen LogP contribution in [-0.2, 0) is 10.0 Å². The first-order valence-electron chi connectivity index (χ1n) is 8.07. The maximum absolute atomic E-state index is 12.9. The van der Waals surface area contributed by atoms with Gasteiger partial charge in [-0.1, -0.05) is 17.7 Å². The number of piperazine rings is 1. The molecule has 2 aromatic carbocycles. The number of ether oxygens (including phenoxy) is 1. The van der Waals surface area contributed by atoms with Crippen molar-refractivity contribution in [3.8, 4) is 5.75 Å². The van der Waals surface area contributed by atoms with E-state index in [1.54, 1.807) is 25.3 Å². The Hall–Kier alpha value is -1.76. The van der Waals surface area contributed by atoms with E-state index in [-0.39, 0.29) is 0 Å². The summed E-state index contributed by atoms with van der Waals surface area (Å²) in [5.41, 5.74) is 1.82. The number of methoxy groups -OCH3 is 1. The van der Waals surface area contributed by atoms with Crippen LogP contribution < -0.4 is 9.64 Å². The van der Waals surface area contributed by atoms with Crippen LogP contribution in [0, 0.1) is 6.92 Å². The summed E-state index contributed by atoms with van der Waals surface area (Å²) in [7, 11) is -1.92. The Balaban J connectivity index is 1.74. The molecule has 0 radical (unpaired) electrons. The first-order chi connectivity index (χ1) is 11.9. The molecule has 0 aliphatic carbocycles. The zero-order chi connectivity index (χ0) is 18.0. The molecule has 0 saturated carbocycles. The van der Waals surface area contributed by atoms with Crippen LogP contribution in [0.4, 0.5) is 5.69 Å². The van der Waals surface area contributed by atoms with Gasteiger partial charge in [-0.3, -0.25) is 0 Å². The zero-order valence-electron chi connectivity index (χ0n) is 14.3. The summed E-state index contributed by atoms with van der Waals surface area (Å²) in [6, 6.07) is 12.6. The van der Waals surface area contributed by atoms with Gasteiger partial charge in [-0.2, -0.15) is 4.31 Å². The number of halogens is 1. The molecule has 5 nitrogen and oxygen atoms in total. The van der Waals surface area contributed by atoms with Gasteiger partial charge in [0.1, 0.15) is 5.75 Å². The van der Waals surface area contributed by atoms with Crippen molar-refractivity contribution in [1.82, 2.24) is 4.31 Å². The highest BCUT2D eigenvalue weighted by Gasteiger charge is 2.29. The lowest BCUT2D eigenvalue weighted by atomic mass is 10.2. The van der Waals surface area contributed by atoms with Crippen LogP contribution in [0.15, 0.2) is 47.4 Å². The predicted octanol–water partition coefficient (Wildman–Crippen LogP) is 3.17. The largest absolute Gasteiger partial charge is 0.496 e. The normalized spacial score (nSPS) is 16.0. The van der Waals surface area contributed by atoms with Gasteiger partial charge in [0.05, 0.1) is 12.0 Å². The van der Waals surface area contributed by atoms with Crippen molar-refractivity contribution >= 4 is 27.3 Å². The summed E-state index contributed by atoms with van der Waals surface area (Å²) < 4.78 is 32.5. The molecule has 1 saturated heterocycles. The molecule has 0 unspecified atom stereocenters. The molecule has 134 valence electrons. The number of rotatable bonds is 4. The second-order valence-corrected chi connectivity index (χ2v) is 8.38. The third-order valence-corrected chi connectivity index (χ3v) is 6.55. The van der Waals surface area contributed by atoms with E-state index in [0.29, 0.717) is 41.8 Å². The van der Waals surface area contributed by atoms with Gasteiger partial charge in [-0.15, -0.1) is 0 Å². The average Bonchev–Trinajstić information content (AvgIpc) is 2.61. The van der Waals surface area contributed by atoms with Gasteiger partial charge in [0.25, 0.3) is 0 Å².